The van der Waals surface area contributed by atoms with Gasteiger partial charge in [0, 0.05) is 36.8 Å². The quantitative estimate of drug-likeness (QED) is 0.171. The maximum absolute atomic E-state index is 12.9. The van der Waals surface area contributed by atoms with Gasteiger partial charge in [0.1, 0.15) is 0 Å². The number of fused-ring (bicyclic) bond motifs is 2. The lowest BCUT2D eigenvalue weighted by atomic mass is 10.1. The van der Waals surface area contributed by atoms with Gasteiger partial charge in [-0.2, -0.15) is 0 Å². The van der Waals surface area contributed by atoms with E-state index >= 15 is 0 Å². The lowest BCUT2D eigenvalue weighted by Crippen LogP contribution is -2.27. The summed E-state index contributed by atoms with van der Waals surface area (Å²) in [6, 6.07) is 28.1. The summed E-state index contributed by atoms with van der Waals surface area (Å²) in [7, 11) is 0. The number of aliphatic hydroxyl groups excluding tert-OH is 2. The lowest BCUT2D eigenvalue weighted by Gasteiger charge is -2.25. The van der Waals surface area contributed by atoms with Crippen LogP contribution in [-0.4, -0.2) is 36.1 Å². The summed E-state index contributed by atoms with van der Waals surface area (Å²) in [5.41, 5.74) is 1.64. The predicted octanol–water partition coefficient (Wildman–Crippen LogP) is 7.61. The highest BCUT2D eigenvalue weighted by atomic mass is 16.6. The first kappa shape index (κ1) is 30.3. The SMILES string of the molecule is CCOC(=O)N(c1cccc2ccccc12)c1cccc2ccccc12.OCCCCC#CC#CCCCCO. The molecule has 4 aromatic carbocycles. The van der Waals surface area contributed by atoms with Gasteiger partial charge in [-0.3, -0.25) is 0 Å². The fraction of sp³-hybridized carbons (Fsp3) is 0.286. The molecule has 0 aliphatic heterocycles. The van der Waals surface area contributed by atoms with E-state index in [-0.39, 0.29) is 19.3 Å². The molecule has 0 saturated carbocycles. The Labute approximate surface area is 237 Å². The van der Waals surface area contributed by atoms with Gasteiger partial charge in [-0.15, -0.1) is 0 Å². The maximum atomic E-state index is 12.9. The molecule has 0 fully saturated rings. The number of carbonyl (C=O) groups is 1. The number of hydrogen-bond donors (Lipinski definition) is 2. The van der Waals surface area contributed by atoms with E-state index in [1.165, 1.54) is 0 Å². The first-order valence-electron chi connectivity index (χ1n) is 13.8. The molecule has 0 saturated heterocycles. The minimum Gasteiger partial charge on any atom is -0.449 e. The molecule has 2 N–H and O–H groups in total. The zero-order valence-electron chi connectivity index (χ0n) is 23.1. The molecule has 40 heavy (non-hydrogen) atoms. The minimum absolute atomic E-state index is 0.245. The van der Waals surface area contributed by atoms with Gasteiger partial charge in [0.25, 0.3) is 0 Å². The van der Waals surface area contributed by atoms with E-state index in [1.807, 2.05) is 91.9 Å². The topological polar surface area (TPSA) is 70.0 Å². The highest BCUT2D eigenvalue weighted by Gasteiger charge is 2.22. The van der Waals surface area contributed by atoms with E-state index in [2.05, 4.69) is 23.7 Å². The second kappa shape index (κ2) is 17.3. The molecule has 0 aromatic heterocycles. The van der Waals surface area contributed by atoms with Crippen molar-refractivity contribution < 1.29 is 19.7 Å². The summed E-state index contributed by atoms with van der Waals surface area (Å²) in [4.78, 5) is 14.6. The Morgan fingerprint density at radius 3 is 1.57 bits per heavy atom. The van der Waals surface area contributed by atoms with Crippen LogP contribution in [0.15, 0.2) is 84.9 Å². The molecule has 0 aliphatic carbocycles. The zero-order chi connectivity index (χ0) is 28.4. The number of carbonyl (C=O) groups excluding carboxylic acids is 1. The Hall–Kier alpha value is -4.29. The van der Waals surface area contributed by atoms with Gasteiger partial charge < -0.3 is 14.9 Å². The molecule has 0 heterocycles. The molecule has 4 rings (SSSR count). The molecular weight excluding hydrogens is 498 g/mol. The summed E-state index contributed by atoms with van der Waals surface area (Å²) in [5, 5.41) is 21.2. The minimum atomic E-state index is -0.375. The summed E-state index contributed by atoms with van der Waals surface area (Å²) in [6.45, 7) is 2.64. The highest BCUT2D eigenvalue weighted by molar-refractivity contribution is 6.11. The van der Waals surface area contributed by atoms with Crippen molar-refractivity contribution in [1.82, 2.24) is 0 Å². The van der Waals surface area contributed by atoms with Crippen molar-refractivity contribution in [3.8, 4) is 23.7 Å². The van der Waals surface area contributed by atoms with Crippen LogP contribution in [0.5, 0.6) is 0 Å². The molecule has 0 bridgehead atoms. The normalized spacial score (nSPS) is 9.97. The maximum Gasteiger partial charge on any atom is 0.418 e. The van der Waals surface area contributed by atoms with E-state index in [9.17, 15) is 4.79 Å². The number of unbranched alkanes of at least 4 members (excludes halogenated alkanes) is 4. The molecular formula is C35H37NO4. The van der Waals surface area contributed by atoms with Gasteiger partial charge in [-0.25, -0.2) is 9.69 Å². The standard InChI is InChI=1S/C23H19NO2.C12H18O2/c1-2-26-23(25)24(21-15-7-11-17-9-3-5-13-19(17)21)22-16-8-12-18-10-4-6-14-20(18)22;13-11-9-7-5-3-1-2-4-6-8-10-12-14/h3-16H,2H2,1H3;13-14H,5-12H2. The van der Waals surface area contributed by atoms with Crippen LogP contribution < -0.4 is 4.90 Å². The van der Waals surface area contributed by atoms with Crippen molar-refractivity contribution in [3.63, 3.8) is 0 Å². The third-order valence-corrected chi connectivity index (χ3v) is 6.12. The Morgan fingerprint density at radius 1 is 0.675 bits per heavy atom. The molecule has 0 unspecified atom stereocenters. The molecule has 5 heteroatoms. The van der Waals surface area contributed by atoms with Crippen LogP contribution in [0.1, 0.15) is 45.4 Å². The van der Waals surface area contributed by atoms with E-state index in [0.717, 1.165) is 71.4 Å². The summed E-state index contributed by atoms with van der Waals surface area (Å²) in [6.07, 6.45) is 4.76. The van der Waals surface area contributed by atoms with Crippen molar-refractivity contribution in [1.29, 1.82) is 0 Å². The Balaban J connectivity index is 0.000000270. The highest BCUT2D eigenvalue weighted by Crippen LogP contribution is 2.36. The van der Waals surface area contributed by atoms with Crippen LogP contribution >= 0.6 is 0 Å². The monoisotopic (exact) mass is 535 g/mol. The van der Waals surface area contributed by atoms with Crippen molar-refractivity contribution >= 4 is 39.0 Å². The van der Waals surface area contributed by atoms with Crippen LogP contribution in [0, 0.1) is 23.7 Å². The molecule has 5 nitrogen and oxygen atoms in total. The van der Waals surface area contributed by atoms with Gasteiger partial charge in [0.05, 0.1) is 18.0 Å². The Kier molecular flexibility index (Phi) is 13.1. The molecule has 0 spiro atoms. The van der Waals surface area contributed by atoms with Crippen LogP contribution in [-0.2, 0) is 4.74 Å². The largest absolute Gasteiger partial charge is 0.449 e. The molecule has 0 radical (unpaired) electrons. The number of amides is 1. The molecule has 4 aromatic rings. The zero-order valence-corrected chi connectivity index (χ0v) is 23.1. The number of benzene rings is 4. The van der Waals surface area contributed by atoms with E-state index in [0.29, 0.717) is 6.61 Å². The Morgan fingerprint density at radius 2 is 1.12 bits per heavy atom. The van der Waals surface area contributed by atoms with Gasteiger partial charge in [0.15, 0.2) is 0 Å². The molecule has 0 aliphatic rings. The number of nitrogens with zero attached hydrogens (tertiary/aromatic N) is 1. The number of aliphatic hydroxyl groups is 2. The summed E-state index contributed by atoms with van der Waals surface area (Å²) in [5.74, 6) is 11.4. The number of ether oxygens (including phenoxy) is 1. The average molecular weight is 536 g/mol. The van der Waals surface area contributed by atoms with Crippen molar-refractivity contribution in [2.75, 3.05) is 24.7 Å². The first-order chi connectivity index (χ1) is 19.7. The second-order valence-electron chi connectivity index (χ2n) is 9.00. The Bertz CT molecular complexity index is 1370. The van der Waals surface area contributed by atoms with E-state index in [4.69, 9.17) is 14.9 Å². The lowest BCUT2D eigenvalue weighted by molar-refractivity contribution is 0.163. The molecule has 0 atom stereocenters. The van der Waals surface area contributed by atoms with Crippen LogP contribution in [0.2, 0.25) is 0 Å². The number of rotatable bonds is 9. The van der Waals surface area contributed by atoms with Crippen molar-refractivity contribution in [2.24, 2.45) is 0 Å². The predicted molar refractivity (Wildman–Crippen MR) is 164 cm³/mol. The smallest absolute Gasteiger partial charge is 0.418 e. The van der Waals surface area contributed by atoms with Crippen molar-refractivity contribution in [2.45, 2.75) is 45.4 Å². The third-order valence-electron chi connectivity index (χ3n) is 6.12. The first-order valence-corrected chi connectivity index (χ1v) is 13.8. The molecule has 1 amide bonds. The van der Waals surface area contributed by atoms with Crippen LogP contribution in [0.3, 0.4) is 0 Å². The van der Waals surface area contributed by atoms with E-state index in [1.54, 1.807) is 4.90 Å². The third kappa shape index (κ3) is 8.89. The summed E-state index contributed by atoms with van der Waals surface area (Å²) >= 11 is 0. The second-order valence-corrected chi connectivity index (χ2v) is 9.00. The molecule has 206 valence electrons. The van der Waals surface area contributed by atoms with Gasteiger partial charge in [0.2, 0.25) is 0 Å². The van der Waals surface area contributed by atoms with Gasteiger partial charge >= 0.3 is 6.09 Å². The number of anilines is 2. The van der Waals surface area contributed by atoms with Gasteiger partial charge in [-0.05, 0) is 67.4 Å². The van der Waals surface area contributed by atoms with Crippen LogP contribution in [0.4, 0.5) is 16.2 Å². The van der Waals surface area contributed by atoms with Crippen molar-refractivity contribution in [3.05, 3.63) is 84.9 Å². The fourth-order valence-electron chi connectivity index (χ4n) is 4.18. The van der Waals surface area contributed by atoms with Gasteiger partial charge in [-0.1, -0.05) is 84.6 Å². The number of hydrogen-bond acceptors (Lipinski definition) is 4. The summed E-state index contributed by atoms with van der Waals surface area (Å²) < 4.78 is 5.40. The van der Waals surface area contributed by atoms with Crippen LogP contribution in [0.25, 0.3) is 21.5 Å². The average Bonchev–Trinajstić information content (AvgIpc) is 2.99. The fourth-order valence-corrected chi connectivity index (χ4v) is 4.18. The van der Waals surface area contributed by atoms with E-state index < -0.39 is 0 Å².